The summed E-state index contributed by atoms with van der Waals surface area (Å²) in [5, 5.41) is 18.5. The van der Waals surface area contributed by atoms with Crippen LogP contribution in [0.3, 0.4) is 0 Å². The standard InChI is InChI=1S/C35H32N2O.ClH/c1-25(26-13-5-2-6-14-26)36-23-30(38)24-37-34(29-18-9-4-10-19-29)33(28-16-7-3-8-17-28)32-22-21-27-15-11-12-20-31(27)35(32)37;/h2-22,25,30,36,38H,23-24H2,1H3;1H. The highest BCUT2D eigenvalue weighted by Gasteiger charge is 2.23. The maximum Gasteiger partial charge on any atom is 0.0843 e. The Morgan fingerprint density at radius 2 is 1.26 bits per heavy atom. The molecule has 3 nitrogen and oxygen atoms in total. The number of benzene rings is 5. The Balaban J connectivity index is 0.00000308. The summed E-state index contributed by atoms with van der Waals surface area (Å²) >= 11 is 0. The number of halogens is 1. The van der Waals surface area contributed by atoms with Crippen molar-refractivity contribution in [3.63, 3.8) is 0 Å². The van der Waals surface area contributed by atoms with Gasteiger partial charge in [-0.05, 0) is 29.0 Å². The van der Waals surface area contributed by atoms with Crippen molar-refractivity contribution in [2.75, 3.05) is 6.54 Å². The van der Waals surface area contributed by atoms with E-state index in [-0.39, 0.29) is 18.4 Å². The summed E-state index contributed by atoms with van der Waals surface area (Å²) in [6, 6.07) is 44.7. The Kier molecular flexibility index (Phi) is 8.13. The van der Waals surface area contributed by atoms with Crippen molar-refractivity contribution in [1.29, 1.82) is 0 Å². The van der Waals surface area contributed by atoms with Gasteiger partial charge in [0, 0.05) is 28.9 Å². The molecule has 2 unspecified atom stereocenters. The molecule has 6 aromatic rings. The number of fused-ring (bicyclic) bond motifs is 3. The van der Waals surface area contributed by atoms with Crippen molar-refractivity contribution < 1.29 is 5.11 Å². The van der Waals surface area contributed by atoms with Gasteiger partial charge in [0.25, 0.3) is 0 Å². The molecule has 0 bridgehead atoms. The van der Waals surface area contributed by atoms with Gasteiger partial charge in [-0.1, -0.05) is 127 Å². The average molecular weight is 533 g/mol. The maximum absolute atomic E-state index is 11.4. The molecule has 0 aliphatic carbocycles. The number of aliphatic hydroxyl groups excluding tert-OH is 1. The van der Waals surface area contributed by atoms with Crippen LogP contribution in [0.2, 0.25) is 0 Å². The van der Waals surface area contributed by atoms with Gasteiger partial charge in [-0.25, -0.2) is 0 Å². The SMILES string of the molecule is CC(NCC(O)Cn1c(-c2ccccc2)c(-c2ccccc2)c2ccc3ccccc3c21)c1ccccc1.Cl. The highest BCUT2D eigenvalue weighted by atomic mass is 35.5. The minimum Gasteiger partial charge on any atom is -0.390 e. The highest BCUT2D eigenvalue weighted by Crippen LogP contribution is 2.43. The average Bonchev–Trinajstić information content (AvgIpc) is 3.31. The van der Waals surface area contributed by atoms with Gasteiger partial charge in [-0.3, -0.25) is 0 Å². The number of nitrogens with one attached hydrogen (secondary N) is 1. The molecule has 0 fully saturated rings. The molecule has 0 radical (unpaired) electrons. The molecule has 0 saturated carbocycles. The van der Waals surface area contributed by atoms with E-state index < -0.39 is 6.10 Å². The predicted molar refractivity (Wildman–Crippen MR) is 166 cm³/mol. The molecule has 5 aromatic carbocycles. The molecule has 0 amide bonds. The number of aliphatic hydroxyl groups is 1. The van der Waals surface area contributed by atoms with Crippen LogP contribution in [-0.4, -0.2) is 22.3 Å². The van der Waals surface area contributed by atoms with E-state index in [2.05, 4.69) is 138 Å². The molecule has 6 rings (SSSR count). The lowest BCUT2D eigenvalue weighted by Gasteiger charge is -2.20. The van der Waals surface area contributed by atoms with Crippen LogP contribution < -0.4 is 5.32 Å². The monoisotopic (exact) mass is 532 g/mol. The van der Waals surface area contributed by atoms with E-state index in [1.165, 1.54) is 32.8 Å². The molecule has 0 saturated heterocycles. The van der Waals surface area contributed by atoms with Crippen LogP contribution in [0.25, 0.3) is 44.1 Å². The van der Waals surface area contributed by atoms with E-state index in [9.17, 15) is 5.11 Å². The van der Waals surface area contributed by atoms with Crippen LogP contribution >= 0.6 is 12.4 Å². The zero-order valence-electron chi connectivity index (χ0n) is 22.0. The lowest BCUT2D eigenvalue weighted by Crippen LogP contribution is -2.32. The first kappa shape index (κ1) is 26.7. The molecule has 39 heavy (non-hydrogen) atoms. The summed E-state index contributed by atoms with van der Waals surface area (Å²) in [7, 11) is 0. The van der Waals surface area contributed by atoms with Crippen LogP contribution in [0.4, 0.5) is 0 Å². The summed E-state index contributed by atoms with van der Waals surface area (Å²) in [5.74, 6) is 0. The first-order valence-electron chi connectivity index (χ1n) is 13.3. The van der Waals surface area contributed by atoms with Crippen molar-refractivity contribution in [3.05, 3.63) is 133 Å². The van der Waals surface area contributed by atoms with Gasteiger partial charge in [-0.2, -0.15) is 0 Å². The maximum atomic E-state index is 11.4. The van der Waals surface area contributed by atoms with Gasteiger partial charge in [-0.15, -0.1) is 12.4 Å². The summed E-state index contributed by atoms with van der Waals surface area (Å²) in [6.45, 7) is 3.12. The van der Waals surface area contributed by atoms with E-state index in [0.29, 0.717) is 13.1 Å². The molecule has 2 N–H and O–H groups in total. The summed E-state index contributed by atoms with van der Waals surface area (Å²) < 4.78 is 2.34. The van der Waals surface area contributed by atoms with Gasteiger partial charge in [0.2, 0.25) is 0 Å². The second-order valence-electron chi connectivity index (χ2n) is 9.94. The fourth-order valence-electron chi connectivity index (χ4n) is 5.55. The molecule has 0 spiro atoms. The highest BCUT2D eigenvalue weighted by molar-refractivity contribution is 6.15. The molecule has 4 heteroatoms. The van der Waals surface area contributed by atoms with Crippen molar-refractivity contribution in [2.24, 2.45) is 0 Å². The van der Waals surface area contributed by atoms with E-state index in [1.54, 1.807) is 0 Å². The second kappa shape index (κ2) is 11.9. The molecular formula is C35H33ClN2O. The van der Waals surface area contributed by atoms with Gasteiger partial charge in [0.1, 0.15) is 0 Å². The third-order valence-corrected chi connectivity index (χ3v) is 7.41. The summed E-state index contributed by atoms with van der Waals surface area (Å²) in [6.07, 6.45) is -0.568. The topological polar surface area (TPSA) is 37.2 Å². The van der Waals surface area contributed by atoms with Gasteiger partial charge in [0.05, 0.1) is 23.9 Å². The largest absolute Gasteiger partial charge is 0.390 e. The Labute approximate surface area is 236 Å². The third-order valence-electron chi connectivity index (χ3n) is 7.41. The van der Waals surface area contributed by atoms with Crippen LogP contribution in [0.5, 0.6) is 0 Å². The van der Waals surface area contributed by atoms with Crippen molar-refractivity contribution in [3.8, 4) is 22.4 Å². The van der Waals surface area contributed by atoms with Crippen molar-refractivity contribution in [2.45, 2.75) is 25.6 Å². The molecule has 1 aromatic heterocycles. The fourth-order valence-corrected chi connectivity index (χ4v) is 5.55. The molecule has 196 valence electrons. The first-order chi connectivity index (χ1) is 18.7. The molecule has 0 aliphatic heterocycles. The third kappa shape index (κ3) is 5.35. The smallest absolute Gasteiger partial charge is 0.0843 e. The summed E-state index contributed by atoms with van der Waals surface area (Å²) in [5.41, 5.74) is 7.04. The van der Waals surface area contributed by atoms with E-state index in [1.807, 2.05) is 6.07 Å². The number of rotatable bonds is 8. The normalized spacial score (nSPS) is 12.8. The lowest BCUT2D eigenvalue weighted by atomic mass is 9.97. The lowest BCUT2D eigenvalue weighted by molar-refractivity contribution is 0.150. The first-order valence-corrected chi connectivity index (χ1v) is 13.3. The van der Waals surface area contributed by atoms with Crippen molar-refractivity contribution >= 4 is 34.1 Å². The zero-order chi connectivity index (χ0) is 25.9. The van der Waals surface area contributed by atoms with Gasteiger partial charge in [0.15, 0.2) is 0 Å². The Morgan fingerprint density at radius 1 is 0.667 bits per heavy atom. The number of aromatic nitrogens is 1. The van der Waals surface area contributed by atoms with Gasteiger partial charge < -0.3 is 15.0 Å². The van der Waals surface area contributed by atoms with E-state index >= 15 is 0 Å². The molecule has 1 heterocycles. The quantitative estimate of drug-likeness (QED) is 0.207. The number of hydrogen-bond donors (Lipinski definition) is 2. The summed E-state index contributed by atoms with van der Waals surface area (Å²) in [4.78, 5) is 0. The molecule has 0 aliphatic rings. The van der Waals surface area contributed by atoms with Crippen molar-refractivity contribution in [1.82, 2.24) is 9.88 Å². The number of hydrogen-bond acceptors (Lipinski definition) is 2. The van der Waals surface area contributed by atoms with E-state index in [0.717, 1.165) is 16.8 Å². The van der Waals surface area contributed by atoms with E-state index in [4.69, 9.17) is 0 Å². The number of nitrogens with zero attached hydrogens (tertiary/aromatic N) is 1. The zero-order valence-corrected chi connectivity index (χ0v) is 22.8. The van der Waals surface area contributed by atoms with Crippen LogP contribution in [0.15, 0.2) is 127 Å². The van der Waals surface area contributed by atoms with Crippen LogP contribution in [0.1, 0.15) is 18.5 Å². The van der Waals surface area contributed by atoms with Crippen LogP contribution in [-0.2, 0) is 6.54 Å². The fraction of sp³-hybridized carbons (Fsp3) is 0.143. The minimum atomic E-state index is -0.568. The molecule has 2 atom stereocenters. The van der Waals surface area contributed by atoms with Gasteiger partial charge >= 0.3 is 0 Å². The Hall–Kier alpha value is -3.89. The molecular weight excluding hydrogens is 500 g/mol. The Morgan fingerprint density at radius 3 is 1.95 bits per heavy atom. The minimum absolute atomic E-state index is 0. The predicted octanol–water partition coefficient (Wildman–Crippen LogP) is 8.26. The second-order valence-corrected chi connectivity index (χ2v) is 9.94. The van der Waals surface area contributed by atoms with Crippen LogP contribution in [0, 0.1) is 0 Å². The Bertz CT molecular complexity index is 1660.